The summed E-state index contributed by atoms with van der Waals surface area (Å²) in [5.74, 6) is 0.0627. The maximum atomic E-state index is 14.0. The molecule has 2 aliphatic rings. The van der Waals surface area contributed by atoms with Crippen molar-refractivity contribution in [2.24, 2.45) is 0 Å². The van der Waals surface area contributed by atoms with Crippen LogP contribution < -0.4 is 15.5 Å². The van der Waals surface area contributed by atoms with Crippen LogP contribution in [0, 0.1) is 0 Å². The van der Waals surface area contributed by atoms with Gasteiger partial charge in [0.1, 0.15) is 0 Å². The quantitative estimate of drug-likeness (QED) is 0.0655. The molecule has 368 valence electrons. The Morgan fingerprint density at radius 2 is 1.51 bits per heavy atom. The van der Waals surface area contributed by atoms with E-state index in [1.165, 1.54) is 18.3 Å². The molecule has 2 aliphatic heterocycles. The third-order valence-corrected chi connectivity index (χ3v) is 13.9. The van der Waals surface area contributed by atoms with Crippen molar-refractivity contribution < 1.29 is 42.1 Å². The van der Waals surface area contributed by atoms with E-state index in [0.29, 0.717) is 79.6 Å². The predicted molar refractivity (Wildman–Crippen MR) is 263 cm³/mol. The molecule has 3 amide bonds. The third kappa shape index (κ3) is 16.0. The molecule has 68 heavy (non-hydrogen) atoms. The number of nitrogens with zero attached hydrogens (tertiary/aromatic N) is 4. The first-order valence-corrected chi connectivity index (χ1v) is 24.6. The fraction of sp³-hybridized carbons (Fsp3) is 0.500. The number of hydrogen-bond donors (Lipinski definition) is 3. The number of thioether (sulfide) groups is 1. The Kier molecular flexibility index (Phi) is 18.9. The molecule has 3 N–H and O–H groups in total. The van der Waals surface area contributed by atoms with Gasteiger partial charge >= 0.3 is 6.18 Å². The van der Waals surface area contributed by atoms with Gasteiger partial charge in [-0.15, -0.1) is 0 Å². The second-order valence-electron chi connectivity index (χ2n) is 18.7. The molecule has 3 aromatic carbocycles. The number of halogens is 3. The van der Waals surface area contributed by atoms with Crippen molar-refractivity contribution in [2.75, 3.05) is 82.5 Å². The van der Waals surface area contributed by atoms with Crippen LogP contribution in [-0.4, -0.2) is 120 Å². The number of amides is 3. The molecule has 2 fully saturated rings. The summed E-state index contributed by atoms with van der Waals surface area (Å²) in [6, 6.07) is 21.4. The molecule has 0 saturated carbocycles. The Morgan fingerprint density at radius 1 is 0.779 bits per heavy atom. The van der Waals surface area contributed by atoms with Crippen molar-refractivity contribution in [1.29, 1.82) is 0 Å². The number of pyridine rings is 1. The molecule has 0 unspecified atom stereocenters. The van der Waals surface area contributed by atoms with Gasteiger partial charge in [-0.25, -0.2) is 0 Å². The summed E-state index contributed by atoms with van der Waals surface area (Å²) in [7, 11) is 0. The highest BCUT2D eigenvalue weighted by Gasteiger charge is 2.31. The molecule has 0 spiro atoms. The van der Waals surface area contributed by atoms with E-state index in [9.17, 15) is 27.6 Å². The van der Waals surface area contributed by atoms with Gasteiger partial charge < -0.3 is 35.0 Å². The Bertz CT molecular complexity index is 2300. The zero-order chi connectivity index (χ0) is 48.7. The van der Waals surface area contributed by atoms with Crippen LogP contribution in [0.2, 0.25) is 0 Å². The predicted octanol–water partition coefficient (Wildman–Crippen LogP) is 9.07. The average Bonchev–Trinajstić information content (AvgIpc) is 3.33. The standard InChI is InChI=1S/C52H67F3N6O6S/c1-50(2,18-16-47(63)61-25-23-59(24-26-61)27-30-66-31-28-62)67-29-19-51(3,4)68-37-39-11-8-12-40(32-39)49(65)58-45-15-14-43(60-21-6-5-7-22-60)35-44(45)46-34-41(17-20-56-46)48(64)57-36-38-10-9-13-42(33-38)52(53,54)55/h8-15,17,20,32-35,62H,5-7,16,18-19,21-31,36-37H2,1-4H3,(H,57,64)(H,58,65). The number of piperazine rings is 1. The van der Waals surface area contributed by atoms with Gasteiger partial charge in [0.25, 0.3) is 11.8 Å². The number of anilines is 2. The number of rotatable bonds is 22. The number of alkyl halides is 3. The van der Waals surface area contributed by atoms with Gasteiger partial charge in [0.05, 0.1) is 42.4 Å². The first-order chi connectivity index (χ1) is 32.5. The molecule has 0 radical (unpaired) electrons. The highest BCUT2D eigenvalue weighted by molar-refractivity contribution is 7.99. The van der Waals surface area contributed by atoms with Crippen molar-refractivity contribution in [3.8, 4) is 11.3 Å². The number of carbonyl (C=O) groups excluding carboxylic acids is 3. The number of piperidine rings is 1. The van der Waals surface area contributed by atoms with Crippen LogP contribution in [0.5, 0.6) is 0 Å². The second-order valence-corrected chi connectivity index (χ2v) is 20.4. The van der Waals surface area contributed by atoms with Gasteiger partial charge in [0, 0.05) is 104 Å². The number of aromatic nitrogens is 1. The topological polar surface area (TPSA) is 137 Å². The van der Waals surface area contributed by atoms with E-state index in [0.717, 1.165) is 81.8 Å². The lowest BCUT2D eigenvalue weighted by Crippen LogP contribution is -2.49. The summed E-state index contributed by atoms with van der Waals surface area (Å²) < 4.78 is 51.5. The van der Waals surface area contributed by atoms with E-state index in [1.807, 2.05) is 55.1 Å². The summed E-state index contributed by atoms with van der Waals surface area (Å²) in [5, 5.41) is 14.7. The number of benzene rings is 3. The Hall–Kier alpha value is -5.00. The van der Waals surface area contributed by atoms with Gasteiger partial charge in [-0.05, 0) is 112 Å². The van der Waals surface area contributed by atoms with Crippen molar-refractivity contribution in [3.63, 3.8) is 0 Å². The second kappa shape index (κ2) is 24.5. The van der Waals surface area contributed by atoms with Gasteiger partial charge in [0.2, 0.25) is 5.91 Å². The van der Waals surface area contributed by atoms with Crippen molar-refractivity contribution in [2.45, 2.75) is 95.0 Å². The summed E-state index contributed by atoms with van der Waals surface area (Å²) in [5.41, 5.74) is 3.44. The molecule has 6 rings (SSSR count). The van der Waals surface area contributed by atoms with Gasteiger partial charge in [-0.1, -0.05) is 38.1 Å². The molecule has 0 atom stereocenters. The monoisotopic (exact) mass is 960 g/mol. The maximum Gasteiger partial charge on any atom is 0.416 e. The molecular formula is C52H67F3N6O6S. The van der Waals surface area contributed by atoms with Crippen LogP contribution in [0.1, 0.15) is 104 Å². The number of carbonyl (C=O) groups is 3. The Balaban J connectivity index is 1.03. The highest BCUT2D eigenvalue weighted by atomic mass is 32.2. The number of aliphatic hydroxyl groups is 1. The third-order valence-electron chi connectivity index (χ3n) is 12.4. The van der Waals surface area contributed by atoms with Crippen LogP contribution in [0.25, 0.3) is 11.3 Å². The van der Waals surface area contributed by atoms with Crippen molar-refractivity contribution in [1.82, 2.24) is 20.1 Å². The maximum absolute atomic E-state index is 14.0. The highest BCUT2D eigenvalue weighted by Crippen LogP contribution is 2.35. The Morgan fingerprint density at radius 3 is 2.26 bits per heavy atom. The number of nitrogens with one attached hydrogen (secondary N) is 2. The van der Waals surface area contributed by atoms with Crippen LogP contribution in [-0.2, 0) is 32.7 Å². The van der Waals surface area contributed by atoms with Crippen LogP contribution in [0.4, 0.5) is 24.5 Å². The number of ether oxygens (including phenoxy) is 2. The van der Waals surface area contributed by atoms with Crippen LogP contribution in [0.3, 0.4) is 0 Å². The first kappa shape index (κ1) is 52.4. The minimum Gasteiger partial charge on any atom is -0.394 e. The fourth-order valence-electron chi connectivity index (χ4n) is 8.20. The van der Waals surface area contributed by atoms with Crippen LogP contribution >= 0.6 is 11.8 Å². The summed E-state index contributed by atoms with van der Waals surface area (Å²) >= 11 is 1.79. The molecule has 4 aromatic rings. The van der Waals surface area contributed by atoms with Gasteiger partial charge in [-0.3, -0.25) is 24.3 Å². The minimum atomic E-state index is -4.49. The summed E-state index contributed by atoms with van der Waals surface area (Å²) in [6.07, 6.45) is 2.17. The summed E-state index contributed by atoms with van der Waals surface area (Å²) in [4.78, 5) is 51.5. The molecule has 3 heterocycles. The van der Waals surface area contributed by atoms with E-state index >= 15 is 0 Å². The van der Waals surface area contributed by atoms with E-state index in [-0.39, 0.29) is 35.3 Å². The number of hydrogen-bond acceptors (Lipinski definition) is 10. The smallest absolute Gasteiger partial charge is 0.394 e. The zero-order valence-corrected chi connectivity index (χ0v) is 40.7. The minimum absolute atomic E-state index is 0.0214. The van der Waals surface area contributed by atoms with E-state index in [2.05, 4.69) is 39.3 Å². The summed E-state index contributed by atoms with van der Waals surface area (Å²) in [6.45, 7) is 15.5. The Labute approximate surface area is 403 Å². The lowest BCUT2D eigenvalue weighted by Gasteiger charge is -2.35. The van der Waals surface area contributed by atoms with E-state index in [1.54, 1.807) is 30.0 Å². The van der Waals surface area contributed by atoms with E-state index in [4.69, 9.17) is 14.6 Å². The molecule has 0 bridgehead atoms. The van der Waals surface area contributed by atoms with Gasteiger partial charge in [-0.2, -0.15) is 24.9 Å². The average molecular weight is 961 g/mol. The van der Waals surface area contributed by atoms with E-state index < -0.39 is 23.2 Å². The normalized spacial score (nSPS) is 15.1. The molecule has 2 saturated heterocycles. The number of aliphatic hydroxyl groups excluding tert-OH is 1. The largest absolute Gasteiger partial charge is 0.416 e. The first-order valence-electron chi connectivity index (χ1n) is 23.7. The van der Waals surface area contributed by atoms with Crippen LogP contribution in [0.15, 0.2) is 85.1 Å². The molecule has 0 aliphatic carbocycles. The SMILES string of the molecule is CC(C)(CCC(=O)N1CCN(CCOCCO)CC1)OCCC(C)(C)SCc1cccc(C(=O)Nc2ccc(N3CCCCC3)cc2-c2cc(C(=O)NCc3cccc(C(F)(F)F)c3)ccn2)c1. The van der Waals surface area contributed by atoms with Crippen molar-refractivity contribution in [3.05, 3.63) is 113 Å². The lowest BCUT2D eigenvalue weighted by atomic mass is 10.0. The molecule has 16 heteroatoms. The molecular weight excluding hydrogens is 894 g/mol. The van der Waals surface area contributed by atoms with Crippen molar-refractivity contribution >= 4 is 40.9 Å². The molecule has 1 aromatic heterocycles. The lowest BCUT2D eigenvalue weighted by molar-refractivity contribution is -0.137. The zero-order valence-electron chi connectivity index (χ0n) is 39.8. The fourth-order valence-corrected chi connectivity index (χ4v) is 9.17. The molecule has 12 nitrogen and oxygen atoms in total. The van der Waals surface area contributed by atoms with Gasteiger partial charge in [0.15, 0.2) is 0 Å².